The molecule has 3 rings (SSSR count). The molecule has 9 nitrogen and oxygen atoms in total. The number of aromatic nitrogens is 6. The first-order valence-electron chi connectivity index (χ1n) is 7.32. The zero-order valence-corrected chi connectivity index (χ0v) is 12.9. The lowest BCUT2D eigenvalue weighted by molar-refractivity contribution is 0.0947. The minimum Gasteiger partial charge on any atom is -0.461 e. The summed E-state index contributed by atoms with van der Waals surface area (Å²) >= 11 is 0. The Morgan fingerprint density at radius 2 is 2.30 bits per heavy atom. The number of nitrogens with one attached hydrogen (secondary N) is 2. The zero-order valence-electron chi connectivity index (χ0n) is 12.9. The number of nitrogens with zero attached hydrogens (tertiary/aromatic N) is 5. The molecule has 0 atom stereocenters. The Balaban J connectivity index is 1.55. The largest absolute Gasteiger partial charge is 0.461 e. The topological polar surface area (TPSA) is 115 Å². The summed E-state index contributed by atoms with van der Waals surface area (Å²) in [6.45, 7) is 4.73. The molecule has 0 unspecified atom stereocenters. The third-order valence-corrected chi connectivity index (χ3v) is 3.24. The molecule has 23 heavy (non-hydrogen) atoms. The molecular formula is C14H17N7O2. The van der Waals surface area contributed by atoms with Crippen molar-refractivity contribution < 1.29 is 9.21 Å². The highest BCUT2D eigenvalue weighted by molar-refractivity contribution is 5.93. The summed E-state index contributed by atoms with van der Waals surface area (Å²) in [7, 11) is 0. The summed E-state index contributed by atoms with van der Waals surface area (Å²) in [6, 6.07) is 3.56. The van der Waals surface area contributed by atoms with Gasteiger partial charge in [0.2, 0.25) is 5.82 Å². The van der Waals surface area contributed by atoms with Gasteiger partial charge in [0.15, 0.2) is 11.5 Å². The van der Waals surface area contributed by atoms with Crippen molar-refractivity contribution in [2.24, 2.45) is 0 Å². The van der Waals surface area contributed by atoms with Gasteiger partial charge >= 0.3 is 0 Å². The summed E-state index contributed by atoms with van der Waals surface area (Å²) < 4.78 is 5.23. The van der Waals surface area contributed by atoms with Crippen molar-refractivity contribution in [1.82, 2.24) is 35.5 Å². The predicted molar refractivity (Wildman–Crippen MR) is 80.6 cm³/mol. The maximum absolute atomic E-state index is 12.1. The van der Waals surface area contributed by atoms with Crippen LogP contribution in [0.3, 0.4) is 0 Å². The van der Waals surface area contributed by atoms with Crippen LogP contribution < -0.4 is 5.32 Å². The summed E-state index contributed by atoms with van der Waals surface area (Å²) in [5.74, 6) is 1.53. The van der Waals surface area contributed by atoms with E-state index in [1.54, 1.807) is 25.3 Å². The minimum absolute atomic E-state index is 0.243. The first kappa shape index (κ1) is 14.9. The second-order valence-electron chi connectivity index (χ2n) is 4.91. The molecule has 0 radical (unpaired) electrons. The van der Waals surface area contributed by atoms with Gasteiger partial charge in [-0.05, 0) is 26.0 Å². The number of carbonyl (C=O) groups is 1. The van der Waals surface area contributed by atoms with E-state index in [2.05, 4.69) is 30.7 Å². The summed E-state index contributed by atoms with van der Waals surface area (Å²) in [6.07, 6.45) is 2.10. The third kappa shape index (κ3) is 3.28. The Bertz CT molecular complexity index is 788. The number of H-pyrrole nitrogens is 1. The van der Waals surface area contributed by atoms with Gasteiger partial charge in [-0.3, -0.25) is 9.89 Å². The Hall–Kier alpha value is -2.97. The first-order valence-corrected chi connectivity index (χ1v) is 7.32. The Labute approximate surface area is 132 Å². The van der Waals surface area contributed by atoms with E-state index < -0.39 is 0 Å². The van der Waals surface area contributed by atoms with Crippen molar-refractivity contribution in [2.75, 3.05) is 6.54 Å². The van der Waals surface area contributed by atoms with E-state index in [1.165, 1.54) is 4.80 Å². The van der Waals surface area contributed by atoms with Crippen LogP contribution in [-0.4, -0.2) is 42.6 Å². The van der Waals surface area contributed by atoms with Crippen molar-refractivity contribution in [1.29, 1.82) is 0 Å². The molecule has 120 valence electrons. The van der Waals surface area contributed by atoms with Gasteiger partial charge in [0.1, 0.15) is 5.82 Å². The quantitative estimate of drug-likeness (QED) is 0.700. The van der Waals surface area contributed by atoms with E-state index in [4.69, 9.17) is 4.42 Å². The number of amides is 1. The Kier molecular flexibility index (Phi) is 4.18. The number of furan rings is 1. The van der Waals surface area contributed by atoms with Crippen LogP contribution in [0.15, 0.2) is 22.8 Å². The number of carbonyl (C=O) groups excluding carboxylic acids is 1. The number of aromatic amines is 1. The maximum Gasteiger partial charge on any atom is 0.273 e. The molecule has 0 aliphatic carbocycles. The van der Waals surface area contributed by atoms with Gasteiger partial charge < -0.3 is 9.73 Å². The monoisotopic (exact) mass is 315 g/mol. The van der Waals surface area contributed by atoms with Crippen molar-refractivity contribution >= 4 is 5.91 Å². The molecular weight excluding hydrogens is 298 g/mol. The van der Waals surface area contributed by atoms with Crippen LogP contribution in [0.25, 0.3) is 11.6 Å². The molecule has 0 aliphatic heterocycles. The van der Waals surface area contributed by atoms with Crippen molar-refractivity contribution in [3.63, 3.8) is 0 Å². The molecule has 0 aliphatic rings. The standard InChI is InChI=1S/C14H17N7O2/c1-3-21-19-9(2)12(20-21)14(22)15-7-6-11-16-13(18-17-11)10-5-4-8-23-10/h4-5,8H,3,6-7H2,1-2H3,(H,15,22)(H,16,17,18). The van der Waals surface area contributed by atoms with E-state index in [9.17, 15) is 4.79 Å². The summed E-state index contributed by atoms with van der Waals surface area (Å²) in [4.78, 5) is 17.9. The van der Waals surface area contributed by atoms with E-state index in [-0.39, 0.29) is 5.91 Å². The Morgan fingerprint density at radius 3 is 3.00 bits per heavy atom. The SMILES string of the molecule is CCn1nc(C)c(C(=O)NCCc2nc(-c3ccco3)n[nH]2)n1. The normalized spacial score (nSPS) is 10.9. The second-order valence-corrected chi connectivity index (χ2v) is 4.91. The summed E-state index contributed by atoms with van der Waals surface area (Å²) in [5, 5.41) is 18.0. The van der Waals surface area contributed by atoms with Gasteiger partial charge in [-0.25, -0.2) is 4.98 Å². The van der Waals surface area contributed by atoms with Crippen molar-refractivity contribution in [2.45, 2.75) is 26.8 Å². The highest BCUT2D eigenvalue weighted by Crippen LogP contribution is 2.14. The zero-order chi connectivity index (χ0) is 16.2. The van der Waals surface area contributed by atoms with Gasteiger partial charge in [-0.1, -0.05) is 0 Å². The molecule has 0 aromatic carbocycles. The molecule has 3 heterocycles. The number of rotatable bonds is 6. The molecule has 9 heteroatoms. The van der Waals surface area contributed by atoms with Gasteiger partial charge in [-0.15, -0.1) is 5.10 Å². The molecule has 3 aromatic heterocycles. The fourth-order valence-corrected chi connectivity index (χ4v) is 2.08. The highest BCUT2D eigenvalue weighted by Gasteiger charge is 2.15. The van der Waals surface area contributed by atoms with Crippen LogP contribution in [0.5, 0.6) is 0 Å². The molecule has 0 spiro atoms. The second kappa shape index (κ2) is 6.42. The van der Waals surface area contributed by atoms with Crippen LogP contribution in [0.4, 0.5) is 0 Å². The smallest absolute Gasteiger partial charge is 0.273 e. The molecule has 0 bridgehead atoms. The fourth-order valence-electron chi connectivity index (χ4n) is 2.08. The number of hydrogen-bond donors (Lipinski definition) is 2. The summed E-state index contributed by atoms with van der Waals surface area (Å²) in [5.41, 5.74) is 0.963. The number of hydrogen-bond acceptors (Lipinski definition) is 6. The average molecular weight is 315 g/mol. The van der Waals surface area contributed by atoms with E-state index in [0.717, 1.165) is 0 Å². The Morgan fingerprint density at radius 1 is 1.43 bits per heavy atom. The molecule has 2 N–H and O–H groups in total. The number of aryl methyl sites for hydroxylation is 2. The lowest BCUT2D eigenvalue weighted by Crippen LogP contribution is -2.27. The predicted octanol–water partition coefficient (Wildman–Crippen LogP) is 0.957. The van der Waals surface area contributed by atoms with E-state index >= 15 is 0 Å². The van der Waals surface area contributed by atoms with Gasteiger partial charge in [-0.2, -0.15) is 15.0 Å². The van der Waals surface area contributed by atoms with E-state index in [1.807, 2.05) is 6.92 Å². The van der Waals surface area contributed by atoms with Crippen molar-refractivity contribution in [3.8, 4) is 11.6 Å². The van der Waals surface area contributed by atoms with Crippen LogP contribution in [0.2, 0.25) is 0 Å². The van der Waals surface area contributed by atoms with Crippen LogP contribution in [-0.2, 0) is 13.0 Å². The van der Waals surface area contributed by atoms with Crippen LogP contribution >= 0.6 is 0 Å². The average Bonchev–Trinajstić information content (AvgIpc) is 3.26. The van der Waals surface area contributed by atoms with Crippen LogP contribution in [0.1, 0.15) is 28.9 Å². The molecule has 0 saturated heterocycles. The van der Waals surface area contributed by atoms with Gasteiger partial charge in [0.25, 0.3) is 5.91 Å². The molecule has 3 aromatic rings. The third-order valence-electron chi connectivity index (χ3n) is 3.24. The lowest BCUT2D eigenvalue weighted by atomic mass is 10.3. The van der Waals surface area contributed by atoms with Gasteiger partial charge in [0.05, 0.1) is 18.5 Å². The van der Waals surface area contributed by atoms with E-state index in [0.29, 0.717) is 48.3 Å². The highest BCUT2D eigenvalue weighted by atomic mass is 16.3. The van der Waals surface area contributed by atoms with Crippen molar-refractivity contribution in [3.05, 3.63) is 35.6 Å². The first-order chi connectivity index (χ1) is 11.2. The van der Waals surface area contributed by atoms with Gasteiger partial charge in [0, 0.05) is 13.0 Å². The van der Waals surface area contributed by atoms with Crippen LogP contribution in [0, 0.1) is 6.92 Å². The lowest BCUT2D eigenvalue weighted by Gasteiger charge is -2.01. The fraction of sp³-hybridized carbons (Fsp3) is 0.357. The molecule has 1 amide bonds. The minimum atomic E-state index is -0.243. The maximum atomic E-state index is 12.1. The molecule has 0 fully saturated rings. The molecule has 0 saturated carbocycles.